The molecule has 4 rings (SSSR count). The molecular formula is C22H32ClN3O. The van der Waals surface area contributed by atoms with Crippen molar-refractivity contribution < 1.29 is 4.79 Å². The zero-order valence-electron chi connectivity index (χ0n) is 16.4. The van der Waals surface area contributed by atoms with E-state index in [-0.39, 0.29) is 5.91 Å². The van der Waals surface area contributed by atoms with Crippen LogP contribution in [0.2, 0.25) is 5.02 Å². The van der Waals surface area contributed by atoms with Crippen molar-refractivity contribution in [3.05, 3.63) is 34.9 Å². The van der Waals surface area contributed by atoms with Gasteiger partial charge in [-0.15, -0.1) is 0 Å². The summed E-state index contributed by atoms with van der Waals surface area (Å²) in [5, 5.41) is 0.725. The van der Waals surface area contributed by atoms with E-state index in [1.165, 1.54) is 52.0 Å². The smallest absolute Gasteiger partial charge is 0.227 e. The highest BCUT2D eigenvalue weighted by Gasteiger charge is 2.43. The highest BCUT2D eigenvalue weighted by atomic mass is 35.5. The number of piperidine rings is 1. The number of carbonyl (C=O) groups is 1. The number of likely N-dealkylation sites (tertiary alicyclic amines) is 3. The van der Waals surface area contributed by atoms with E-state index in [1.807, 2.05) is 24.3 Å². The van der Waals surface area contributed by atoms with Crippen LogP contribution in [0.3, 0.4) is 0 Å². The Balaban J connectivity index is 1.25. The second kappa shape index (κ2) is 8.50. The maximum atomic E-state index is 12.7. The van der Waals surface area contributed by atoms with Gasteiger partial charge in [0.15, 0.2) is 0 Å². The highest BCUT2D eigenvalue weighted by Crippen LogP contribution is 2.34. The standard InChI is InChI=1S/C22H32ClN3O/c1-2-9-24-10-7-21(8-11-24)25-13-18-15-26(16-19(18)14-25)22(27)12-17-3-5-20(23)6-4-17/h3-6,18-19,21H,2,7-16H2,1H3/t18-,19-/m0/s1. The number of nitrogens with zero attached hydrogens (tertiary/aromatic N) is 3. The average Bonchev–Trinajstić information content (AvgIpc) is 3.24. The topological polar surface area (TPSA) is 26.8 Å². The lowest BCUT2D eigenvalue weighted by atomic mass is 10.0. The van der Waals surface area contributed by atoms with Gasteiger partial charge in [0, 0.05) is 37.2 Å². The van der Waals surface area contributed by atoms with Crippen molar-refractivity contribution in [3.63, 3.8) is 0 Å². The first-order chi connectivity index (χ1) is 13.1. The summed E-state index contributed by atoms with van der Waals surface area (Å²) in [5.41, 5.74) is 1.06. The van der Waals surface area contributed by atoms with Crippen molar-refractivity contribution in [2.75, 3.05) is 45.8 Å². The van der Waals surface area contributed by atoms with Crippen LogP contribution in [0.5, 0.6) is 0 Å². The lowest BCUT2D eigenvalue weighted by Gasteiger charge is -2.37. The first kappa shape index (κ1) is 19.2. The molecule has 3 saturated heterocycles. The predicted molar refractivity (Wildman–Crippen MR) is 110 cm³/mol. The molecule has 3 aliphatic rings. The minimum Gasteiger partial charge on any atom is -0.342 e. The third-order valence-electron chi connectivity index (χ3n) is 6.75. The molecule has 0 saturated carbocycles. The third kappa shape index (κ3) is 4.49. The zero-order chi connectivity index (χ0) is 18.8. The fourth-order valence-corrected chi connectivity index (χ4v) is 5.37. The lowest BCUT2D eigenvalue weighted by Crippen LogP contribution is -2.45. The largest absolute Gasteiger partial charge is 0.342 e. The molecule has 2 atom stereocenters. The summed E-state index contributed by atoms with van der Waals surface area (Å²) in [6, 6.07) is 8.43. The number of hydrogen-bond acceptors (Lipinski definition) is 3. The Kier molecular flexibility index (Phi) is 6.05. The normalized spacial score (nSPS) is 27.3. The molecule has 3 heterocycles. The van der Waals surface area contributed by atoms with Gasteiger partial charge in [-0.1, -0.05) is 30.7 Å². The second-order valence-electron chi connectivity index (χ2n) is 8.65. The lowest BCUT2D eigenvalue weighted by molar-refractivity contribution is -0.129. The van der Waals surface area contributed by atoms with Crippen LogP contribution in [-0.4, -0.2) is 72.5 Å². The molecule has 0 N–H and O–H groups in total. The average molecular weight is 390 g/mol. The van der Waals surface area contributed by atoms with Crippen LogP contribution in [-0.2, 0) is 11.2 Å². The number of hydrogen-bond donors (Lipinski definition) is 0. The first-order valence-corrected chi connectivity index (χ1v) is 11.0. The van der Waals surface area contributed by atoms with E-state index >= 15 is 0 Å². The third-order valence-corrected chi connectivity index (χ3v) is 7.00. The molecular weight excluding hydrogens is 358 g/mol. The number of halogens is 1. The van der Waals surface area contributed by atoms with E-state index in [1.54, 1.807) is 0 Å². The maximum absolute atomic E-state index is 12.7. The molecule has 0 unspecified atom stereocenters. The summed E-state index contributed by atoms with van der Waals surface area (Å²) in [6.07, 6.45) is 4.39. The van der Waals surface area contributed by atoms with E-state index in [4.69, 9.17) is 11.6 Å². The van der Waals surface area contributed by atoms with Crippen LogP contribution < -0.4 is 0 Å². The number of benzene rings is 1. The van der Waals surface area contributed by atoms with E-state index in [0.29, 0.717) is 18.3 Å². The summed E-state index contributed by atoms with van der Waals surface area (Å²) in [5.74, 6) is 1.62. The van der Waals surface area contributed by atoms with Crippen LogP contribution in [0.1, 0.15) is 31.7 Å². The zero-order valence-corrected chi connectivity index (χ0v) is 17.2. The van der Waals surface area contributed by atoms with Crippen molar-refractivity contribution in [1.29, 1.82) is 0 Å². The Morgan fingerprint density at radius 2 is 1.67 bits per heavy atom. The number of fused-ring (bicyclic) bond motifs is 1. The van der Waals surface area contributed by atoms with Gasteiger partial charge in [0.25, 0.3) is 0 Å². The summed E-state index contributed by atoms with van der Waals surface area (Å²) < 4.78 is 0. The van der Waals surface area contributed by atoms with Crippen molar-refractivity contribution in [2.45, 2.75) is 38.6 Å². The number of rotatable bonds is 5. The number of amides is 1. The van der Waals surface area contributed by atoms with E-state index in [9.17, 15) is 4.79 Å². The Morgan fingerprint density at radius 1 is 1.04 bits per heavy atom. The molecule has 1 amide bonds. The summed E-state index contributed by atoms with van der Waals surface area (Å²) >= 11 is 5.94. The Labute approximate surface area is 168 Å². The monoisotopic (exact) mass is 389 g/mol. The molecule has 148 valence electrons. The Bertz CT molecular complexity index is 627. The summed E-state index contributed by atoms with van der Waals surface area (Å²) in [6.45, 7) is 10.3. The predicted octanol–water partition coefficient (Wildman–Crippen LogP) is 3.15. The van der Waals surface area contributed by atoms with Crippen LogP contribution in [0, 0.1) is 11.8 Å². The molecule has 1 aromatic rings. The second-order valence-corrected chi connectivity index (χ2v) is 9.09. The highest BCUT2D eigenvalue weighted by molar-refractivity contribution is 6.30. The van der Waals surface area contributed by atoms with Crippen molar-refractivity contribution in [2.24, 2.45) is 11.8 Å². The summed E-state index contributed by atoms with van der Waals surface area (Å²) in [4.78, 5) is 20.1. The molecule has 0 radical (unpaired) electrons. The van der Waals surface area contributed by atoms with E-state index in [0.717, 1.165) is 29.7 Å². The molecule has 4 nitrogen and oxygen atoms in total. The molecule has 0 spiro atoms. The number of carbonyl (C=O) groups excluding carboxylic acids is 1. The van der Waals surface area contributed by atoms with Gasteiger partial charge >= 0.3 is 0 Å². The maximum Gasteiger partial charge on any atom is 0.227 e. The fourth-order valence-electron chi connectivity index (χ4n) is 5.24. The summed E-state index contributed by atoms with van der Waals surface area (Å²) in [7, 11) is 0. The SMILES string of the molecule is CCCN1CCC(N2C[C@H]3CN(C(=O)Cc4ccc(Cl)cc4)C[C@@H]3C2)CC1. The van der Waals surface area contributed by atoms with Crippen molar-refractivity contribution in [1.82, 2.24) is 14.7 Å². The first-order valence-electron chi connectivity index (χ1n) is 10.6. The van der Waals surface area contributed by atoms with Crippen LogP contribution in [0.25, 0.3) is 0 Å². The van der Waals surface area contributed by atoms with Gasteiger partial charge in [0.2, 0.25) is 5.91 Å². The molecule has 0 aromatic heterocycles. The van der Waals surface area contributed by atoms with Crippen LogP contribution >= 0.6 is 11.6 Å². The van der Waals surface area contributed by atoms with Gasteiger partial charge in [-0.05, 0) is 68.4 Å². The minimum atomic E-state index is 0.270. The molecule has 27 heavy (non-hydrogen) atoms. The molecule has 1 aromatic carbocycles. The van der Waals surface area contributed by atoms with Crippen molar-refractivity contribution >= 4 is 17.5 Å². The minimum absolute atomic E-state index is 0.270. The van der Waals surface area contributed by atoms with E-state index < -0.39 is 0 Å². The molecule has 0 bridgehead atoms. The molecule has 3 fully saturated rings. The van der Waals surface area contributed by atoms with Gasteiger partial charge < -0.3 is 9.80 Å². The van der Waals surface area contributed by atoms with Crippen molar-refractivity contribution in [3.8, 4) is 0 Å². The van der Waals surface area contributed by atoms with E-state index in [2.05, 4.69) is 21.6 Å². The molecule has 3 aliphatic heterocycles. The van der Waals surface area contributed by atoms with Gasteiger partial charge in [-0.3, -0.25) is 9.69 Å². The van der Waals surface area contributed by atoms with Crippen LogP contribution in [0.4, 0.5) is 0 Å². The quantitative estimate of drug-likeness (QED) is 0.774. The van der Waals surface area contributed by atoms with Gasteiger partial charge in [-0.2, -0.15) is 0 Å². The fraction of sp³-hybridized carbons (Fsp3) is 0.682. The van der Waals surface area contributed by atoms with Gasteiger partial charge in [0.05, 0.1) is 6.42 Å². The van der Waals surface area contributed by atoms with Gasteiger partial charge in [0.1, 0.15) is 0 Å². The Morgan fingerprint density at radius 3 is 2.26 bits per heavy atom. The van der Waals surface area contributed by atoms with Crippen LogP contribution in [0.15, 0.2) is 24.3 Å². The molecule has 5 heteroatoms. The molecule has 0 aliphatic carbocycles. The van der Waals surface area contributed by atoms with Gasteiger partial charge in [-0.25, -0.2) is 0 Å². The Hall–Kier alpha value is -1.10.